The third-order valence-corrected chi connectivity index (χ3v) is 7.31. The van der Waals surface area contributed by atoms with Gasteiger partial charge in [0, 0.05) is 5.70 Å². The molecular weight excluding hydrogens is 518 g/mol. The molecule has 41 heavy (non-hydrogen) atoms. The molecule has 4 aromatic rings. The molecule has 2 heterocycles. The molecule has 1 aromatic heterocycles. The lowest BCUT2D eigenvalue weighted by Gasteiger charge is -2.29. The van der Waals surface area contributed by atoms with Crippen molar-refractivity contribution in [1.29, 1.82) is 0 Å². The van der Waals surface area contributed by atoms with Crippen LogP contribution >= 0.6 is 0 Å². The predicted molar refractivity (Wildman–Crippen MR) is 159 cm³/mol. The molecule has 1 aliphatic heterocycles. The van der Waals surface area contributed by atoms with E-state index in [1.807, 2.05) is 56.3 Å². The molecule has 3 aromatic carbocycles. The number of allylic oxidation sites excluding steroid dienone is 1. The summed E-state index contributed by atoms with van der Waals surface area (Å²) in [6.45, 7) is 11.0. The minimum absolute atomic E-state index is 0.280. The lowest BCUT2D eigenvalue weighted by molar-refractivity contribution is -0.113. The summed E-state index contributed by atoms with van der Waals surface area (Å²) in [4.78, 5) is 18.2. The number of hydrogen-bond donors (Lipinski definition) is 2. The second-order valence-electron chi connectivity index (χ2n) is 10.0. The molecule has 1 aliphatic rings. The maximum Gasteiger partial charge on any atom is 0.255 e. The van der Waals surface area contributed by atoms with Gasteiger partial charge in [-0.1, -0.05) is 30.3 Å². The molecule has 1 amide bonds. The zero-order chi connectivity index (χ0) is 29.1. The lowest BCUT2D eigenvalue weighted by Crippen LogP contribution is -2.31. The Morgan fingerprint density at radius 3 is 2.51 bits per heavy atom. The van der Waals surface area contributed by atoms with Gasteiger partial charge < -0.3 is 24.8 Å². The predicted octanol–water partition coefficient (Wildman–Crippen LogP) is 6.12. The average molecular weight is 554 g/mol. The highest BCUT2D eigenvalue weighted by Crippen LogP contribution is 2.39. The number of para-hydroxylation sites is 2. The first-order valence-corrected chi connectivity index (χ1v) is 13.6. The zero-order valence-corrected chi connectivity index (χ0v) is 24.2. The second kappa shape index (κ2) is 11.8. The Morgan fingerprint density at radius 1 is 0.951 bits per heavy atom. The number of methoxy groups -OCH3 is 1. The molecule has 0 bridgehead atoms. The summed E-state index contributed by atoms with van der Waals surface area (Å²) in [5.41, 5.74) is 7.34. The van der Waals surface area contributed by atoms with Gasteiger partial charge in [0.2, 0.25) is 5.95 Å². The quantitative estimate of drug-likeness (QED) is 0.258. The second-order valence-corrected chi connectivity index (χ2v) is 10.0. The fourth-order valence-corrected chi connectivity index (χ4v) is 5.04. The molecule has 0 saturated carbocycles. The van der Waals surface area contributed by atoms with Gasteiger partial charge in [0.05, 0.1) is 25.0 Å². The van der Waals surface area contributed by atoms with E-state index in [2.05, 4.69) is 53.6 Å². The first-order valence-electron chi connectivity index (χ1n) is 13.6. The van der Waals surface area contributed by atoms with Crippen LogP contribution in [0.3, 0.4) is 0 Å². The Kier molecular flexibility index (Phi) is 7.96. The molecule has 1 unspecified atom stereocenters. The number of fused-ring (bicyclic) bond motifs is 1. The molecule has 0 fully saturated rings. The molecule has 1 atom stereocenters. The molecule has 0 radical (unpaired) electrons. The largest absolute Gasteiger partial charge is 0.493 e. The van der Waals surface area contributed by atoms with Crippen LogP contribution in [0.1, 0.15) is 47.7 Å². The number of nitrogens with zero attached hydrogens (tertiary/aromatic N) is 3. The van der Waals surface area contributed by atoms with Crippen LogP contribution < -0.4 is 24.8 Å². The van der Waals surface area contributed by atoms with Crippen molar-refractivity contribution >= 4 is 17.5 Å². The standard InChI is InChI=1S/C32H35N5O4/c1-7-40-26-11-9-8-10-25(26)36-31(38)29-22(5)35-32-33-18-34-37(32)30(29)23-12-13-27(28(16-23)39-6)41-17-24-15-20(3)19(2)14-21(24)4/h8-16,18,30H,7,17H2,1-6H3,(H,36,38)(H,33,34,35). The smallest absolute Gasteiger partial charge is 0.255 e. The third kappa shape index (κ3) is 5.61. The van der Waals surface area contributed by atoms with E-state index >= 15 is 0 Å². The van der Waals surface area contributed by atoms with Gasteiger partial charge >= 0.3 is 0 Å². The highest BCUT2D eigenvalue weighted by atomic mass is 16.5. The molecule has 212 valence electrons. The van der Waals surface area contributed by atoms with E-state index < -0.39 is 6.04 Å². The van der Waals surface area contributed by atoms with Crippen molar-refractivity contribution in [3.8, 4) is 17.2 Å². The normalized spacial score (nSPS) is 14.2. The third-order valence-electron chi connectivity index (χ3n) is 7.31. The van der Waals surface area contributed by atoms with Crippen LogP contribution in [-0.4, -0.2) is 34.4 Å². The summed E-state index contributed by atoms with van der Waals surface area (Å²) in [6.07, 6.45) is 1.47. The van der Waals surface area contributed by atoms with E-state index in [-0.39, 0.29) is 5.91 Å². The highest BCUT2D eigenvalue weighted by molar-refractivity contribution is 6.06. The van der Waals surface area contributed by atoms with Crippen LogP contribution in [-0.2, 0) is 11.4 Å². The van der Waals surface area contributed by atoms with E-state index in [1.54, 1.807) is 11.8 Å². The number of ether oxygens (including phenoxy) is 3. The molecule has 9 nitrogen and oxygen atoms in total. The monoisotopic (exact) mass is 553 g/mol. The van der Waals surface area contributed by atoms with Gasteiger partial charge in [-0.25, -0.2) is 4.68 Å². The number of benzene rings is 3. The first-order chi connectivity index (χ1) is 19.8. The Hall–Kier alpha value is -4.79. The van der Waals surface area contributed by atoms with Gasteiger partial charge in [-0.15, -0.1) is 0 Å². The number of amides is 1. The van der Waals surface area contributed by atoms with Crippen molar-refractivity contribution in [2.45, 2.75) is 47.3 Å². The van der Waals surface area contributed by atoms with Crippen LogP contribution in [0.15, 0.2) is 72.2 Å². The summed E-state index contributed by atoms with van der Waals surface area (Å²) >= 11 is 0. The van der Waals surface area contributed by atoms with Gasteiger partial charge in [-0.3, -0.25) is 4.79 Å². The number of aryl methyl sites for hydroxylation is 3. The van der Waals surface area contributed by atoms with Gasteiger partial charge in [-0.05, 0) is 86.7 Å². The fourth-order valence-electron chi connectivity index (χ4n) is 5.04. The van der Waals surface area contributed by atoms with E-state index in [1.165, 1.54) is 23.0 Å². The Bertz CT molecular complexity index is 1620. The van der Waals surface area contributed by atoms with Gasteiger partial charge in [-0.2, -0.15) is 10.1 Å². The SMILES string of the molecule is CCOc1ccccc1NC(=O)C1=C(C)Nc2ncnn2C1c1ccc(OCc2cc(C)c(C)cc2C)c(OC)c1. The molecule has 9 heteroatoms. The van der Waals surface area contributed by atoms with Gasteiger partial charge in [0.25, 0.3) is 5.91 Å². The van der Waals surface area contributed by atoms with Gasteiger partial charge in [0.15, 0.2) is 11.5 Å². The van der Waals surface area contributed by atoms with Crippen LogP contribution in [0.25, 0.3) is 0 Å². The van der Waals surface area contributed by atoms with E-state index in [4.69, 9.17) is 14.2 Å². The number of nitrogens with one attached hydrogen (secondary N) is 2. The number of carbonyl (C=O) groups is 1. The number of aromatic nitrogens is 3. The van der Waals surface area contributed by atoms with Crippen LogP contribution in [0, 0.1) is 20.8 Å². The Labute approximate surface area is 240 Å². The van der Waals surface area contributed by atoms with E-state index in [0.717, 1.165) is 11.1 Å². The molecule has 0 saturated heterocycles. The summed E-state index contributed by atoms with van der Waals surface area (Å²) in [5, 5.41) is 10.7. The van der Waals surface area contributed by atoms with E-state index in [9.17, 15) is 4.79 Å². The highest BCUT2D eigenvalue weighted by Gasteiger charge is 2.34. The van der Waals surface area contributed by atoms with Crippen molar-refractivity contribution in [1.82, 2.24) is 14.8 Å². The summed E-state index contributed by atoms with van der Waals surface area (Å²) < 4.78 is 19.4. The summed E-state index contributed by atoms with van der Waals surface area (Å²) in [7, 11) is 1.61. The molecule has 5 rings (SSSR count). The number of carbonyl (C=O) groups excluding carboxylic acids is 1. The van der Waals surface area contributed by atoms with Gasteiger partial charge in [0.1, 0.15) is 24.7 Å². The van der Waals surface area contributed by atoms with Crippen LogP contribution in [0.5, 0.6) is 17.2 Å². The van der Waals surface area contributed by atoms with Crippen molar-refractivity contribution in [2.75, 3.05) is 24.4 Å². The van der Waals surface area contributed by atoms with Crippen LogP contribution in [0.4, 0.5) is 11.6 Å². The number of anilines is 2. The van der Waals surface area contributed by atoms with Crippen molar-refractivity contribution in [2.24, 2.45) is 0 Å². The first kappa shape index (κ1) is 27.8. The lowest BCUT2D eigenvalue weighted by atomic mass is 9.94. The maximum absolute atomic E-state index is 13.8. The average Bonchev–Trinajstić information content (AvgIpc) is 3.42. The summed E-state index contributed by atoms with van der Waals surface area (Å²) in [5.74, 6) is 2.04. The Balaban J connectivity index is 1.47. The van der Waals surface area contributed by atoms with Crippen molar-refractivity contribution in [3.05, 3.63) is 100 Å². The Morgan fingerprint density at radius 2 is 1.73 bits per heavy atom. The van der Waals surface area contributed by atoms with Crippen molar-refractivity contribution < 1.29 is 19.0 Å². The minimum Gasteiger partial charge on any atom is -0.493 e. The number of rotatable bonds is 9. The minimum atomic E-state index is -0.557. The zero-order valence-electron chi connectivity index (χ0n) is 24.2. The van der Waals surface area contributed by atoms with Crippen LogP contribution in [0.2, 0.25) is 0 Å². The molecular formula is C32H35N5O4. The molecule has 0 spiro atoms. The molecule has 0 aliphatic carbocycles. The topological polar surface area (TPSA) is 99.5 Å². The molecule has 2 N–H and O–H groups in total. The van der Waals surface area contributed by atoms with Crippen molar-refractivity contribution in [3.63, 3.8) is 0 Å². The number of hydrogen-bond acceptors (Lipinski definition) is 7. The van der Waals surface area contributed by atoms with E-state index in [0.29, 0.717) is 53.4 Å². The summed E-state index contributed by atoms with van der Waals surface area (Å²) in [6, 6.07) is 16.8. The fraction of sp³-hybridized carbons (Fsp3) is 0.281. The maximum atomic E-state index is 13.8.